The van der Waals surface area contributed by atoms with Crippen molar-refractivity contribution >= 4 is 20.2 Å². The molecule has 45 heavy (non-hydrogen) atoms. The van der Waals surface area contributed by atoms with Crippen molar-refractivity contribution in [2.45, 2.75) is 70.8 Å². The van der Waals surface area contributed by atoms with Crippen LogP contribution in [0.5, 0.6) is 5.88 Å². The van der Waals surface area contributed by atoms with Crippen LogP contribution < -0.4 is 15.4 Å². The molecule has 0 bridgehead atoms. The van der Waals surface area contributed by atoms with Crippen LogP contribution in [0.15, 0.2) is 48.5 Å². The van der Waals surface area contributed by atoms with E-state index in [1.54, 1.807) is 11.8 Å². The first-order chi connectivity index (χ1) is 21.2. The quantitative estimate of drug-likeness (QED) is 0.220. The van der Waals surface area contributed by atoms with E-state index in [9.17, 15) is 13.6 Å². The van der Waals surface area contributed by atoms with Crippen LogP contribution in [-0.4, -0.2) is 81.1 Å². The third-order valence-corrected chi connectivity index (χ3v) is 13.3. The number of anilines is 1. The maximum Gasteiger partial charge on any atom is 0.320 e. The van der Waals surface area contributed by atoms with Crippen LogP contribution in [0.3, 0.4) is 0 Å². The SMILES string of the molecule is COCCN1C[C@@H](NC(=O)Nc2c(C)c(OCC(C)O[Si](C)(C)C(C)(C)C)nn2-c2ccccc2)[C@H](c2cc(F)cc(F)c2)C1. The highest BCUT2D eigenvalue weighted by Crippen LogP contribution is 2.37. The summed E-state index contributed by atoms with van der Waals surface area (Å²) in [6.07, 6.45) is -0.153. The van der Waals surface area contributed by atoms with Gasteiger partial charge in [0.05, 0.1) is 30.0 Å². The Hall–Kier alpha value is -3.32. The lowest BCUT2D eigenvalue weighted by molar-refractivity contribution is 0.126. The van der Waals surface area contributed by atoms with Crippen LogP contribution in [0.2, 0.25) is 18.1 Å². The fourth-order valence-corrected chi connectivity index (χ4v) is 6.73. The molecule has 12 heteroatoms. The van der Waals surface area contributed by atoms with Crippen molar-refractivity contribution in [3.63, 3.8) is 0 Å². The van der Waals surface area contributed by atoms with Gasteiger partial charge in [-0.15, -0.1) is 5.10 Å². The average Bonchev–Trinajstić information content (AvgIpc) is 3.50. The number of hydrogen-bond acceptors (Lipinski definition) is 6. The molecule has 3 atom stereocenters. The first-order valence-electron chi connectivity index (χ1n) is 15.4. The van der Waals surface area contributed by atoms with E-state index in [0.29, 0.717) is 55.7 Å². The van der Waals surface area contributed by atoms with Crippen LogP contribution in [0, 0.1) is 18.6 Å². The molecule has 1 fully saturated rings. The van der Waals surface area contributed by atoms with Gasteiger partial charge in [0, 0.05) is 38.7 Å². The number of rotatable bonds is 12. The summed E-state index contributed by atoms with van der Waals surface area (Å²) in [7, 11) is -0.368. The number of ether oxygens (including phenoxy) is 2. The van der Waals surface area contributed by atoms with Crippen molar-refractivity contribution in [3.05, 3.63) is 71.3 Å². The first-order valence-corrected chi connectivity index (χ1v) is 18.3. The Morgan fingerprint density at radius 1 is 1.11 bits per heavy atom. The number of aromatic nitrogens is 2. The third kappa shape index (κ3) is 8.69. The second-order valence-corrected chi connectivity index (χ2v) is 18.0. The fourth-order valence-electron chi connectivity index (χ4n) is 5.30. The standard InChI is InChI=1S/C33H47F2N5O4Si/c1-22(44-45(7,8)33(3,4)5)21-43-31-23(2)30(40(38-31)27-12-10-9-11-13-27)37-32(41)36-29-20-39(14-15-42-6)19-28(29)24-16-25(34)18-26(35)17-24/h9-13,16-18,22,28-29H,14-15,19-21H2,1-8H3,(H2,36,37,41)/t22?,28-,29+/m0/s1. The Bertz CT molecular complexity index is 1430. The molecule has 3 aromatic rings. The number of nitrogens with zero attached hydrogens (tertiary/aromatic N) is 3. The molecule has 1 saturated heterocycles. The number of halogens is 2. The summed E-state index contributed by atoms with van der Waals surface area (Å²) in [5.74, 6) is -0.780. The molecule has 1 unspecified atom stereocenters. The van der Waals surface area contributed by atoms with Crippen molar-refractivity contribution in [3.8, 4) is 11.6 Å². The summed E-state index contributed by atoms with van der Waals surface area (Å²) >= 11 is 0. The van der Waals surface area contributed by atoms with Crippen molar-refractivity contribution in [1.82, 2.24) is 20.0 Å². The van der Waals surface area contributed by atoms with E-state index in [-0.39, 0.29) is 17.1 Å². The largest absolute Gasteiger partial charge is 0.474 e. The molecular formula is C33H47F2N5O4Si. The van der Waals surface area contributed by atoms with Crippen LogP contribution in [0.1, 0.15) is 44.7 Å². The lowest BCUT2D eigenvalue weighted by Crippen LogP contribution is -2.44. The van der Waals surface area contributed by atoms with Crippen molar-refractivity contribution in [2.75, 3.05) is 45.3 Å². The van der Waals surface area contributed by atoms with Gasteiger partial charge in [0.1, 0.15) is 24.1 Å². The Morgan fingerprint density at radius 2 is 1.78 bits per heavy atom. The van der Waals surface area contributed by atoms with Gasteiger partial charge in [0.25, 0.3) is 0 Å². The molecule has 0 spiro atoms. The Balaban J connectivity index is 1.54. The lowest BCUT2D eigenvalue weighted by Gasteiger charge is -2.38. The Kier molecular flexibility index (Phi) is 11.1. The van der Waals surface area contributed by atoms with Crippen LogP contribution in [0.4, 0.5) is 19.4 Å². The van der Waals surface area contributed by atoms with Crippen LogP contribution in [-0.2, 0) is 9.16 Å². The van der Waals surface area contributed by atoms with Gasteiger partial charge in [-0.3, -0.25) is 10.2 Å². The molecular weight excluding hydrogens is 596 g/mol. The zero-order chi connectivity index (χ0) is 32.9. The molecule has 246 valence electrons. The molecule has 2 N–H and O–H groups in total. The van der Waals surface area contributed by atoms with E-state index < -0.39 is 32.0 Å². The number of methoxy groups -OCH3 is 1. The van der Waals surface area contributed by atoms with Crippen LogP contribution >= 0.6 is 0 Å². The van der Waals surface area contributed by atoms with E-state index in [1.165, 1.54) is 12.1 Å². The Morgan fingerprint density at radius 3 is 2.40 bits per heavy atom. The fraction of sp³-hybridized carbons (Fsp3) is 0.515. The minimum Gasteiger partial charge on any atom is -0.474 e. The molecule has 9 nitrogen and oxygen atoms in total. The van der Waals surface area contributed by atoms with Gasteiger partial charge in [-0.05, 0) is 61.8 Å². The number of nitrogens with one attached hydrogen (secondary N) is 2. The number of likely N-dealkylation sites (tertiary alicyclic amines) is 1. The van der Waals surface area contributed by atoms with Crippen molar-refractivity contribution in [1.29, 1.82) is 0 Å². The highest BCUT2D eigenvalue weighted by molar-refractivity contribution is 6.74. The monoisotopic (exact) mass is 643 g/mol. The van der Waals surface area contributed by atoms with Gasteiger partial charge in [0.15, 0.2) is 8.32 Å². The van der Waals surface area contributed by atoms with E-state index in [4.69, 9.17) is 19.0 Å². The van der Waals surface area contributed by atoms with Gasteiger partial charge in [-0.1, -0.05) is 39.0 Å². The van der Waals surface area contributed by atoms with Crippen LogP contribution in [0.25, 0.3) is 5.69 Å². The number of urea groups is 1. The summed E-state index contributed by atoms with van der Waals surface area (Å²) < 4.78 is 47.8. The van der Waals surface area contributed by atoms with Gasteiger partial charge < -0.3 is 19.2 Å². The topological polar surface area (TPSA) is 89.9 Å². The number of amides is 2. The predicted octanol–water partition coefficient (Wildman–Crippen LogP) is 6.48. The summed E-state index contributed by atoms with van der Waals surface area (Å²) in [5, 5.41) is 10.8. The third-order valence-electron chi connectivity index (χ3n) is 8.70. The van der Waals surface area contributed by atoms with Gasteiger partial charge in [-0.25, -0.2) is 18.3 Å². The highest BCUT2D eigenvalue weighted by Gasteiger charge is 2.39. The minimum atomic E-state index is -1.99. The number of hydrogen-bond donors (Lipinski definition) is 2. The molecule has 0 aliphatic carbocycles. The lowest BCUT2D eigenvalue weighted by atomic mass is 9.94. The summed E-state index contributed by atoms with van der Waals surface area (Å²) in [4.78, 5) is 15.7. The molecule has 0 radical (unpaired) electrons. The number of carbonyl (C=O) groups excluding carboxylic acids is 1. The second kappa shape index (κ2) is 14.4. The van der Waals surface area contributed by atoms with Crippen molar-refractivity contribution < 1.29 is 27.5 Å². The second-order valence-electron chi connectivity index (χ2n) is 13.3. The minimum absolute atomic E-state index is 0.0679. The molecule has 1 aliphatic heterocycles. The van der Waals surface area contributed by atoms with Gasteiger partial charge in [-0.2, -0.15) is 0 Å². The summed E-state index contributed by atoms with van der Waals surface area (Å²) in [6, 6.07) is 12.1. The number of carbonyl (C=O) groups is 1. The summed E-state index contributed by atoms with van der Waals surface area (Å²) in [5.41, 5.74) is 1.90. The molecule has 1 aromatic heterocycles. The van der Waals surface area contributed by atoms with Crippen molar-refractivity contribution in [2.24, 2.45) is 0 Å². The van der Waals surface area contributed by atoms with E-state index in [0.717, 1.165) is 11.8 Å². The van der Waals surface area contributed by atoms with E-state index in [1.807, 2.05) is 44.2 Å². The predicted molar refractivity (Wildman–Crippen MR) is 175 cm³/mol. The zero-order valence-electron chi connectivity index (χ0n) is 27.6. The molecule has 2 aromatic carbocycles. The smallest absolute Gasteiger partial charge is 0.320 e. The number of para-hydroxylation sites is 1. The average molecular weight is 644 g/mol. The molecule has 2 amide bonds. The highest BCUT2D eigenvalue weighted by atomic mass is 28.4. The van der Waals surface area contributed by atoms with E-state index >= 15 is 0 Å². The Labute approximate surface area is 266 Å². The molecule has 1 aliphatic rings. The zero-order valence-corrected chi connectivity index (χ0v) is 28.6. The maximum absolute atomic E-state index is 14.2. The first kappa shape index (κ1) is 34.5. The molecule has 2 heterocycles. The van der Waals surface area contributed by atoms with E-state index in [2.05, 4.69) is 49.4 Å². The van der Waals surface area contributed by atoms with Gasteiger partial charge in [0.2, 0.25) is 5.88 Å². The normalized spacial score (nSPS) is 18.2. The summed E-state index contributed by atoms with van der Waals surface area (Å²) in [6.45, 7) is 17.3. The molecule has 0 saturated carbocycles. The van der Waals surface area contributed by atoms with Gasteiger partial charge >= 0.3 is 6.03 Å². The molecule has 4 rings (SSSR count). The number of benzene rings is 2. The maximum atomic E-state index is 14.2.